The van der Waals surface area contributed by atoms with Gasteiger partial charge in [-0.15, -0.1) is 6.42 Å². The van der Waals surface area contributed by atoms with Crippen LogP contribution in [0, 0.1) is 23.7 Å². The first-order valence-electron chi connectivity index (χ1n) is 5.90. The molecular weight excluding hydrogens is 232 g/mol. The highest BCUT2D eigenvalue weighted by atomic mass is 16.4. The third-order valence-corrected chi connectivity index (χ3v) is 2.27. The minimum atomic E-state index is -0.887. The number of carbonyl (C=O) groups excluding carboxylic acids is 1. The van der Waals surface area contributed by atoms with Crippen LogP contribution < -0.4 is 10.6 Å². The molecule has 0 fully saturated rings. The van der Waals surface area contributed by atoms with Gasteiger partial charge in [0.25, 0.3) is 0 Å². The number of hydrogen-bond acceptors (Lipinski definition) is 3. The maximum atomic E-state index is 11.4. The van der Waals surface area contributed by atoms with E-state index in [1.54, 1.807) is 0 Å². The highest BCUT2D eigenvalue weighted by molar-refractivity contribution is 5.79. The zero-order valence-corrected chi connectivity index (χ0v) is 11.2. The fourth-order valence-electron chi connectivity index (χ4n) is 1.53. The number of carboxylic acid groups (broad SMARTS) is 1. The standard InChI is InChI=1S/C13H22N2O3/c1-5-6-14-9-11(16)15-8-10(12(17)18)7-13(2,3)4/h1,10,14H,6-9H2,2-4H3,(H,15,16)(H,17,18). The van der Waals surface area contributed by atoms with Crippen LogP contribution in [0.2, 0.25) is 0 Å². The molecule has 5 heteroatoms. The average molecular weight is 254 g/mol. The first-order chi connectivity index (χ1) is 8.26. The van der Waals surface area contributed by atoms with Crippen molar-refractivity contribution in [3.63, 3.8) is 0 Å². The van der Waals surface area contributed by atoms with Gasteiger partial charge in [0.1, 0.15) is 0 Å². The highest BCUT2D eigenvalue weighted by Gasteiger charge is 2.24. The van der Waals surface area contributed by atoms with Crippen molar-refractivity contribution in [1.82, 2.24) is 10.6 Å². The Kier molecular flexibility index (Phi) is 7.06. The molecule has 0 radical (unpaired) electrons. The zero-order valence-electron chi connectivity index (χ0n) is 11.2. The number of nitrogens with one attached hydrogen (secondary N) is 2. The first-order valence-corrected chi connectivity index (χ1v) is 5.90. The molecule has 0 aliphatic carbocycles. The maximum Gasteiger partial charge on any atom is 0.308 e. The van der Waals surface area contributed by atoms with E-state index in [9.17, 15) is 9.59 Å². The largest absolute Gasteiger partial charge is 0.481 e. The summed E-state index contributed by atoms with van der Waals surface area (Å²) >= 11 is 0. The Bertz CT molecular complexity index is 326. The topological polar surface area (TPSA) is 78.4 Å². The summed E-state index contributed by atoms with van der Waals surface area (Å²) in [7, 11) is 0. The molecule has 0 aromatic carbocycles. The molecule has 0 aromatic rings. The summed E-state index contributed by atoms with van der Waals surface area (Å²) < 4.78 is 0. The molecule has 1 unspecified atom stereocenters. The van der Waals surface area contributed by atoms with Crippen molar-refractivity contribution in [2.45, 2.75) is 27.2 Å². The minimum Gasteiger partial charge on any atom is -0.481 e. The normalized spacial score (nSPS) is 12.6. The number of amides is 1. The van der Waals surface area contributed by atoms with Crippen LogP contribution in [0.4, 0.5) is 0 Å². The van der Waals surface area contributed by atoms with E-state index < -0.39 is 11.9 Å². The number of hydrogen-bond donors (Lipinski definition) is 3. The summed E-state index contributed by atoms with van der Waals surface area (Å²) in [5.74, 6) is 0.652. The molecule has 0 heterocycles. The summed E-state index contributed by atoms with van der Waals surface area (Å²) in [5.41, 5.74) is -0.0878. The maximum absolute atomic E-state index is 11.4. The monoisotopic (exact) mass is 254 g/mol. The van der Waals surface area contributed by atoms with Gasteiger partial charge in [-0.25, -0.2) is 0 Å². The predicted molar refractivity (Wildman–Crippen MR) is 69.9 cm³/mol. The highest BCUT2D eigenvalue weighted by Crippen LogP contribution is 2.24. The van der Waals surface area contributed by atoms with Crippen LogP contribution in [0.1, 0.15) is 27.2 Å². The number of terminal acetylenes is 1. The van der Waals surface area contributed by atoms with Crippen molar-refractivity contribution in [2.75, 3.05) is 19.6 Å². The van der Waals surface area contributed by atoms with Gasteiger partial charge in [0.15, 0.2) is 0 Å². The van der Waals surface area contributed by atoms with Crippen LogP contribution in [0.25, 0.3) is 0 Å². The van der Waals surface area contributed by atoms with E-state index in [-0.39, 0.29) is 24.4 Å². The van der Waals surface area contributed by atoms with E-state index in [2.05, 4.69) is 16.6 Å². The number of rotatable bonds is 7. The molecular formula is C13H22N2O3. The van der Waals surface area contributed by atoms with Crippen molar-refractivity contribution in [1.29, 1.82) is 0 Å². The van der Waals surface area contributed by atoms with Gasteiger partial charge in [-0.05, 0) is 11.8 Å². The van der Waals surface area contributed by atoms with Crippen molar-refractivity contribution in [2.24, 2.45) is 11.3 Å². The molecule has 5 nitrogen and oxygen atoms in total. The molecule has 0 bridgehead atoms. The Morgan fingerprint density at radius 2 is 2.00 bits per heavy atom. The molecule has 1 amide bonds. The fourth-order valence-corrected chi connectivity index (χ4v) is 1.53. The molecule has 0 saturated carbocycles. The Labute approximate surface area is 108 Å². The quantitative estimate of drug-likeness (QED) is 0.455. The third-order valence-electron chi connectivity index (χ3n) is 2.27. The second-order valence-corrected chi connectivity index (χ2v) is 5.41. The molecule has 1 atom stereocenters. The van der Waals surface area contributed by atoms with E-state index in [1.165, 1.54) is 0 Å². The van der Waals surface area contributed by atoms with Gasteiger partial charge in [0.2, 0.25) is 5.91 Å². The molecule has 3 N–H and O–H groups in total. The van der Waals surface area contributed by atoms with Crippen LogP contribution in [0.15, 0.2) is 0 Å². The number of carboxylic acids is 1. The summed E-state index contributed by atoms with van der Waals surface area (Å²) in [6, 6.07) is 0. The summed E-state index contributed by atoms with van der Waals surface area (Å²) in [6.07, 6.45) is 5.54. The lowest BCUT2D eigenvalue weighted by Gasteiger charge is -2.23. The molecule has 0 rings (SSSR count). The number of carbonyl (C=O) groups is 2. The molecule has 102 valence electrons. The van der Waals surface area contributed by atoms with Gasteiger partial charge in [0, 0.05) is 6.54 Å². The Morgan fingerprint density at radius 3 is 2.44 bits per heavy atom. The van der Waals surface area contributed by atoms with Crippen LogP contribution in [-0.2, 0) is 9.59 Å². The van der Waals surface area contributed by atoms with Gasteiger partial charge in [-0.3, -0.25) is 14.9 Å². The lowest BCUT2D eigenvalue weighted by atomic mass is 9.84. The first kappa shape index (κ1) is 16.5. The number of aliphatic carboxylic acids is 1. The van der Waals surface area contributed by atoms with Gasteiger partial charge >= 0.3 is 5.97 Å². The molecule has 0 spiro atoms. The van der Waals surface area contributed by atoms with Crippen LogP contribution in [-0.4, -0.2) is 36.6 Å². The van der Waals surface area contributed by atoms with E-state index >= 15 is 0 Å². The van der Waals surface area contributed by atoms with Gasteiger partial charge < -0.3 is 10.4 Å². The van der Waals surface area contributed by atoms with Gasteiger partial charge in [0.05, 0.1) is 19.0 Å². The van der Waals surface area contributed by atoms with Crippen LogP contribution >= 0.6 is 0 Å². The Morgan fingerprint density at radius 1 is 1.39 bits per heavy atom. The second-order valence-electron chi connectivity index (χ2n) is 5.41. The Balaban J connectivity index is 4.09. The lowest BCUT2D eigenvalue weighted by molar-refractivity contribution is -0.142. The lowest BCUT2D eigenvalue weighted by Crippen LogP contribution is -2.39. The molecule has 0 saturated heterocycles. The van der Waals surface area contributed by atoms with Crippen molar-refractivity contribution in [3.05, 3.63) is 0 Å². The molecule has 18 heavy (non-hydrogen) atoms. The Hall–Kier alpha value is -1.54. The van der Waals surface area contributed by atoms with Crippen molar-refractivity contribution in [3.8, 4) is 12.3 Å². The summed E-state index contributed by atoms with van der Waals surface area (Å²) in [6.45, 7) is 6.48. The smallest absolute Gasteiger partial charge is 0.308 e. The van der Waals surface area contributed by atoms with Crippen LogP contribution in [0.3, 0.4) is 0 Å². The van der Waals surface area contributed by atoms with E-state index in [0.717, 1.165) is 0 Å². The second kappa shape index (κ2) is 7.72. The minimum absolute atomic E-state index is 0.0878. The average Bonchev–Trinajstić information content (AvgIpc) is 2.22. The predicted octanol–water partition coefficient (Wildman–Crippen LogP) is 0.462. The van der Waals surface area contributed by atoms with Crippen molar-refractivity contribution >= 4 is 11.9 Å². The molecule has 0 aliphatic rings. The summed E-state index contributed by atoms with van der Waals surface area (Å²) in [4.78, 5) is 22.4. The van der Waals surface area contributed by atoms with Gasteiger partial charge in [-0.2, -0.15) is 0 Å². The SMILES string of the molecule is C#CCNCC(=O)NCC(CC(C)(C)C)C(=O)O. The van der Waals surface area contributed by atoms with Crippen LogP contribution in [0.5, 0.6) is 0 Å². The third kappa shape index (κ3) is 8.59. The molecule has 0 aliphatic heterocycles. The molecule has 0 aromatic heterocycles. The van der Waals surface area contributed by atoms with E-state index in [4.69, 9.17) is 11.5 Å². The summed E-state index contributed by atoms with van der Waals surface area (Å²) in [5, 5.41) is 14.4. The van der Waals surface area contributed by atoms with E-state index in [0.29, 0.717) is 13.0 Å². The van der Waals surface area contributed by atoms with E-state index in [1.807, 2.05) is 20.8 Å². The zero-order chi connectivity index (χ0) is 14.2. The van der Waals surface area contributed by atoms with Gasteiger partial charge in [-0.1, -0.05) is 26.7 Å². The van der Waals surface area contributed by atoms with Crippen molar-refractivity contribution < 1.29 is 14.7 Å². The fraction of sp³-hybridized carbons (Fsp3) is 0.692.